The summed E-state index contributed by atoms with van der Waals surface area (Å²) in [7, 11) is 3.15. The fourth-order valence-corrected chi connectivity index (χ4v) is 1.82. The van der Waals surface area contributed by atoms with Crippen LogP contribution in [-0.4, -0.2) is 27.9 Å². The molecule has 1 amide bonds. The molecule has 20 heavy (non-hydrogen) atoms. The van der Waals surface area contributed by atoms with Gasteiger partial charge in [0.2, 0.25) is 0 Å². The molecule has 1 aromatic carbocycles. The van der Waals surface area contributed by atoms with E-state index in [0.717, 1.165) is 0 Å². The number of carbonyl (C=O) groups is 1. The molecule has 0 bridgehead atoms. The van der Waals surface area contributed by atoms with Crippen molar-refractivity contribution in [3.63, 3.8) is 0 Å². The molecule has 0 atom stereocenters. The van der Waals surface area contributed by atoms with Gasteiger partial charge in [-0.05, 0) is 25.1 Å². The average Bonchev–Trinajstić information content (AvgIpc) is 2.66. The SMILES string of the molecule is COc1ccc(O)c(C(=O)Nc2c(N)c(C)nn2C)c1. The number of nitrogens with two attached hydrogens (primary N) is 1. The van der Waals surface area contributed by atoms with E-state index in [1.807, 2.05) is 0 Å². The molecule has 0 fully saturated rings. The molecule has 1 aromatic heterocycles. The molecule has 2 rings (SSSR count). The first-order chi connectivity index (χ1) is 9.43. The standard InChI is InChI=1S/C13H16N4O3/c1-7-11(14)12(17(2)16-7)15-13(19)9-6-8(20-3)4-5-10(9)18/h4-6,18H,14H2,1-3H3,(H,15,19). The van der Waals surface area contributed by atoms with Crippen molar-refractivity contribution in [3.05, 3.63) is 29.5 Å². The van der Waals surface area contributed by atoms with Crippen molar-refractivity contribution in [1.29, 1.82) is 0 Å². The number of methoxy groups -OCH3 is 1. The second-order valence-electron chi connectivity index (χ2n) is 4.31. The molecule has 0 saturated carbocycles. The lowest BCUT2D eigenvalue weighted by Crippen LogP contribution is -2.15. The van der Waals surface area contributed by atoms with Gasteiger partial charge in [-0.1, -0.05) is 0 Å². The van der Waals surface area contributed by atoms with Gasteiger partial charge < -0.3 is 20.9 Å². The number of rotatable bonds is 3. The third-order valence-electron chi connectivity index (χ3n) is 2.95. The Morgan fingerprint density at radius 2 is 2.20 bits per heavy atom. The van der Waals surface area contributed by atoms with Crippen LogP contribution in [0.25, 0.3) is 0 Å². The highest BCUT2D eigenvalue weighted by molar-refractivity contribution is 6.07. The second-order valence-corrected chi connectivity index (χ2v) is 4.31. The largest absolute Gasteiger partial charge is 0.507 e. The van der Waals surface area contributed by atoms with E-state index in [-0.39, 0.29) is 11.3 Å². The number of aromatic nitrogens is 2. The molecule has 4 N–H and O–H groups in total. The molecular weight excluding hydrogens is 260 g/mol. The molecule has 7 heteroatoms. The maximum atomic E-state index is 12.2. The predicted octanol–water partition coefficient (Wildman–Crippen LogP) is 1.28. The van der Waals surface area contributed by atoms with Crippen LogP contribution in [0, 0.1) is 6.92 Å². The van der Waals surface area contributed by atoms with Gasteiger partial charge >= 0.3 is 0 Å². The molecule has 106 valence electrons. The van der Waals surface area contributed by atoms with E-state index < -0.39 is 5.91 Å². The van der Waals surface area contributed by atoms with Crippen LogP contribution in [0.1, 0.15) is 16.1 Å². The summed E-state index contributed by atoms with van der Waals surface area (Å²) in [6.07, 6.45) is 0. The van der Waals surface area contributed by atoms with Crippen LogP contribution < -0.4 is 15.8 Å². The number of phenols is 1. The van der Waals surface area contributed by atoms with E-state index in [1.165, 1.54) is 23.9 Å². The Morgan fingerprint density at radius 1 is 1.50 bits per heavy atom. The van der Waals surface area contributed by atoms with Gasteiger partial charge in [0.05, 0.1) is 24.1 Å². The number of nitrogens with zero attached hydrogens (tertiary/aromatic N) is 2. The molecule has 7 nitrogen and oxygen atoms in total. The van der Waals surface area contributed by atoms with Gasteiger partial charge in [0.25, 0.3) is 5.91 Å². The number of nitrogens with one attached hydrogen (secondary N) is 1. The average molecular weight is 276 g/mol. The number of amides is 1. The molecule has 2 aromatic rings. The van der Waals surface area contributed by atoms with Crippen LogP contribution in [0.2, 0.25) is 0 Å². The Hall–Kier alpha value is -2.70. The zero-order valence-electron chi connectivity index (χ0n) is 11.5. The normalized spacial score (nSPS) is 10.3. The number of aryl methyl sites for hydroxylation is 2. The fraction of sp³-hybridized carbons (Fsp3) is 0.231. The highest BCUT2D eigenvalue weighted by atomic mass is 16.5. The summed E-state index contributed by atoms with van der Waals surface area (Å²) in [6.45, 7) is 1.74. The van der Waals surface area contributed by atoms with Crippen LogP contribution in [0.15, 0.2) is 18.2 Å². The molecule has 0 aliphatic carbocycles. The number of anilines is 2. The fourth-order valence-electron chi connectivity index (χ4n) is 1.82. The van der Waals surface area contributed by atoms with Gasteiger partial charge in [-0.15, -0.1) is 0 Å². The van der Waals surface area contributed by atoms with Crippen LogP contribution in [0.5, 0.6) is 11.5 Å². The predicted molar refractivity (Wildman–Crippen MR) is 75.0 cm³/mol. The van der Waals surface area contributed by atoms with Crippen LogP contribution in [0.4, 0.5) is 11.5 Å². The number of phenolic OH excluding ortho intramolecular Hbond substituents is 1. The Balaban J connectivity index is 2.33. The highest BCUT2D eigenvalue weighted by Crippen LogP contribution is 2.26. The topological polar surface area (TPSA) is 102 Å². The highest BCUT2D eigenvalue weighted by Gasteiger charge is 2.17. The Morgan fingerprint density at radius 3 is 2.75 bits per heavy atom. The van der Waals surface area contributed by atoms with Crippen molar-refractivity contribution in [2.24, 2.45) is 7.05 Å². The van der Waals surface area contributed by atoms with Crippen molar-refractivity contribution < 1.29 is 14.6 Å². The smallest absolute Gasteiger partial charge is 0.260 e. The molecule has 0 saturated heterocycles. The lowest BCUT2D eigenvalue weighted by Gasteiger charge is -2.09. The Kier molecular flexibility index (Phi) is 3.51. The third kappa shape index (κ3) is 2.37. The van der Waals surface area contributed by atoms with Gasteiger partial charge in [-0.2, -0.15) is 5.10 Å². The summed E-state index contributed by atoms with van der Waals surface area (Å²) in [5.74, 6) is 0.230. The minimum Gasteiger partial charge on any atom is -0.507 e. The number of hydrogen-bond donors (Lipinski definition) is 3. The summed E-state index contributed by atoms with van der Waals surface area (Å²) in [4.78, 5) is 12.2. The number of ether oxygens (including phenoxy) is 1. The monoisotopic (exact) mass is 276 g/mol. The summed E-state index contributed by atoms with van der Waals surface area (Å²) < 4.78 is 6.50. The van der Waals surface area contributed by atoms with Crippen LogP contribution >= 0.6 is 0 Å². The first kappa shape index (κ1) is 13.7. The first-order valence-electron chi connectivity index (χ1n) is 5.91. The van der Waals surface area contributed by atoms with Crippen molar-refractivity contribution in [1.82, 2.24) is 9.78 Å². The van der Waals surface area contributed by atoms with Gasteiger partial charge in [0.15, 0.2) is 5.82 Å². The zero-order valence-corrected chi connectivity index (χ0v) is 11.5. The van der Waals surface area contributed by atoms with Crippen molar-refractivity contribution >= 4 is 17.4 Å². The van der Waals surface area contributed by atoms with Crippen molar-refractivity contribution in [2.75, 3.05) is 18.2 Å². The summed E-state index contributed by atoms with van der Waals surface area (Å²) in [5, 5.41) is 16.5. The minimum atomic E-state index is -0.490. The summed E-state index contributed by atoms with van der Waals surface area (Å²) in [5.41, 5.74) is 6.95. The number of carbonyl (C=O) groups excluding carboxylic acids is 1. The molecule has 1 heterocycles. The molecule has 0 aliphatic rings. The van der Waals surface area contributed by atoms with E-state index >= 15 is 0 Å². The van der Waals surface area contributed by atoms with E-state index in [0.29, 0.717) is 22.9 Å². The molecule has 0 unspecified atom stereocenters. The molecule has 0 radical (unpaired) electrons. The maximum absolute atomic E-state index is 12.2. The van der Waals surface area contributed by atoms with Gasteiger partial charge in [-0.25, -0.2) is 0 Å². The third-order valence-corrected chi connectivity index (χ3v) is 2.95. The van der Waals surface area contributed by atoms with Gasteiger partial charge in [0.1, 0.15) is 11.5 Å². The molecule has 0 aliphatic heterocycles. The number of aromatic hydroxyl groups is 1. The van der Waals surface area contributed by atoms with E-state index in [9.17, 15) is 9.90 Å². The minimum absolute atomic E-state index is 0.0996. The van der Waals surface area contributed by atoms with Crippen molar-refractivity contribution in [3.8, 4) is 11.5 Å². The molecule has 0 spiro atoms. The van der Waals surface area contributed by atoms with Gasteiger partial charge in [-0.3, -0.25) is 9.48 Å². The number of benzene rings is 1. The Labute approximate surface area is 116 Å². The molecular formula is C13H16N4O3. The van der Waals surface area contributed by atoms with Crippen LogP contribution in [-0.2, 0) is 7.05 Å². The quantitative estimate of drug-likeness (QED) is 0.783. The number of hydrogen-bond acceptors (Lipinski definition) is 5. The summed E-state index contributed by atoms with van der Waals surface area (Å²) in [6, 6.07) is 4.41. The van der Waals surface area contributed by atoms with E-state index in [2.05, 4.69) is 10.4 Å². The van der Waals surface area contributed by atoms with E-state index in [4.69, 9.17) is 10.5 Å². The lowest BCUT2D eigenvalue weighted by atomic mass is 10.1. The Bertz CT molecular complexity index is 664. The van der Waals surface area contributed by atoms with Crippen molar-refractivity contribution in [2.45, 2.75) is 6.92 Å². The second kappa shape index (κ2) is 5.12. The van der Waals surface area contributed by atoms with E-state index in [1.54, 1.807) is 20.0 Å². The van der Waals surface area contributed by atoms with Crippen LogP contribution in [0.3, 0.4) is 0 Å². The zero-order chi connectivity index (χ0) is 14.9. The maximum Gasteiger partial charge on any atom is 0.260 e. The lowest BCUT2D eigenvalue weighted by molar-refractivity contribution is 0.102. The summed E-state index contributed by atoms with van der Waals surface area (Å²) >= 11 is 0. The first-order valence-corrected chi connectivity index (χ1v) is 5.91. The number of nitrogen functional groups attached to an aromatic ring is 1. The van der Waals surface area contributed by atoms with Gasteiger partial charge in [0, 0.05) is 7.05 Å².